The Kier molecular flexibility index (Phi) is 5.91. The van der Waals surface area contributed by atoms with E-state index < -0.39 is 0 Å². The zero-order valence-electron chi connectivity index (χ0n) is 19.8. The number of fused-ring (bicyclic) bond motifs is 1. The summed E-state index contributed by atoms with van der Waals surface area (Å²) in [4.78, 5) is 35.8. The van der Waals surface area contributed by atoms with Crippen molar-refractivity contribution < 1.29 is 9.18 Å². The second-order valence-corrected chi connectivity index (χ2v) is 10.4. The maximum atomic E-state index is 13.4. The van der Waals surface area contributed by atoms with Gasteiger partial charge in [0, 0.05) is 40.9 Å². The zero-order chi connectivity index (χ0) is 24.8. The number of benzene rings is 2. The summed E-state index contributed by atoms with van der Waals surface area (Å²) in [6.45, 7) is 1.35. The molecule has 3 heterocycles. The van der Waals surface area contributed by atoms with Crippen molar-refractivity contribution in [3.8, 4) is 5.95 Å². The van der Waals surface area contributed by atoms with E-state index >= 15 is 0 Å². The predicted octanol–water partition coefficient (Wildman–Crippen LogP) is 5.20. The molecule has 0 atom stereocenters. The smallest absolute Gasteiger partial charge is 0.277 e. The van der Waals surface area contributed by atoms with Crippen LogP contribution in [-0.4, -0.2) is 43.6 Å². The van der Waals surface area contributed by atoms with Gasteiger partial charge in [0.25, 0.3) is 11.5 Å². The zero-order valence-corrected chi connectivity index (χ0v) is 20.5. The Morgan fingerprint density at radius 3 is 2.56 bits per heavy atom. The second kappa shape index (κ2) is 9.24. The van der Waals surface area contributed by atoms with Crippen LogP contribution < -0.4 is 5.56 Å². The molecule has 2 aliphatic rings. The minimum absolute atomic E-state index is 0.0500. The number of aromatic amines is 2. The number of nitrogens with zero attached hydrogens (tertiary/aromatic N) is 3. The molecule has 6 rings (SSSR count). The molecule has 2 aromatic carbocycles. The van der Waals surface area contributed by atoms with Gasteiger partial charge in [-0.25, -0.2) is 9.37 Å². The fourth-order valence-electron chi connectivity index (χ4n) is 5.21. The molecule has 1 saturated carbocycles. The summed E-state index contributed by atoms with van der Waals surface area (Å²) in [5, 5.41) is 3.95. The van der Waals surface area contributed by atoms with Crippen molar-refractivity contribution in [2.75, 3.05) is 13.1 Å². The number of rotatable bonds is 6. The molecule has 1 aliphatic carbocycles. The van der Waals surface area contributed by atoms with Gasteiger partial charge in [0.15, 0.2) is 0 Å². The van der Waals surface area contributed by atoms with Crippen molar-refractivity contribution in [3.05, 3.63) is 80.5 Å². The lowest BCUT2D eigenvalue weighted by atomic mass is 9.90. The summed E-state index contributed by atoms with van der Waals surface area (Å²) >= 11 is 6.10. The highest BCUT2D eigenvalue weighted by Crippen LogP contribution is 2.40. The van der Waals surface area contributed by atoms with E-state index in [0.29, 0.717) is 47.9 Å². The third kappa shape index (κ3) is 4.46. The number of halogens is 2. The van der Waals surface area contributed by atoms with Crippen LogP contribution in [0.3, 0.4) is 0 Å². The molecule has 1 saturated heterocycles. The fourth-order valence-corrected chi connectivity index (χ4v) is 5.38. The monoisotopic (exact) mass is 507 g/mol. The van der Waals surface area contributed by atoms with Crippen LogP contribution in [0, 0.1) is 11.7 Å². The third-order valence-corrected chi connectivity index (χ3v) is 7.68. The van der Waals surface area contributed by atoms with Gasteiger partial charge in [-0.3, -0.25) is 14.7 Å². The largest absolute Gasteiger partial charge is 0.339 e. The molecule has 186 valence electrons. The summed E-state index contributed by atoms with van der Waals surface area (Å²) < 4.78 is 14.7. The molecular weight excluding hydrogens is 481 g/mol. The average molecular weight is 508 g/mol. The fraction of sp³-hybridized carbons (Fsp3) is 0.370. The highest BCUT2D eigenvalue weighted by molar-refractivity contribution is 6.31. The summed E-state index contributed by atoms with van der Waals surface area (Å²) in [5.74, 6) is 0.931. The van der Waals surface area contributed by atoms with E-state index in [2.05, 4.69) is 15.1 Å². The number of piperidine rings is 1. The minimum atomic E-state index is -0.343. The van der Waals surface area contributed by atoms with Crippen LogP contribution >= 0.6 is 11.6 Å². The Morgan fingerprint density at radius 1 is 1.08 bits per heavy atom. The van der Waals surface area contributed by atoms with Gasteiger partial charge in [0.05, 0.1) is 11.0 Å². The topological polar surface area (TPSA) is 86.8 Å². The van der Waals surface area contributed by atoms with Crippen LogP contribution in [0.2, 0.25) is 5.02 Å². The Hall–Kier alpha value is -3.39. The maximum Gasteiger partial charge on any atom is 0.277 e. The van der Waals surface area contributed by atoms with E-state index in [1.807, 2.05) is 11.0 Å². The average Bonchev–Trinajstić information content (AvgIpc) is 3.56. The van der Waals surface area contributed by atoms with Crippen molar-refractivity contribution in [1.29, 1.82) is 0 Å². The molecule has 4 aromatic rings. The lowest BCUT2D eigenvalue weighted by Crippen LogP contribution is -2.38. The number of carbonyl (C=O) groups excluding carboxylic acids is 1. The van der Waals surface area contributed by atoms with Crippen LogP contribution in [0.4, 0.5) is 4.39 Å². The van der Waals surface area contributed by atoms with Crippen molar-refractivity contribution in [2.45, 2.75) is 44.4 Å². The number of carbonyl (C=O) groups is 1. The van der Waals surface area contributed by atoms with Gasteiger partial charge in [-0.2, -0.15) is 4.68 Å². The summed E-state index contributed by atoms with van der Waals surface area (Å²) in [7, 11) is 0. The molecule has 1 aliphatic heterocycles. The van der Waals surface area contributed by atoms with E-state index in [1.165, 1.54) is 28.9 Å². The van der Waals surface area contributed by atoms with Crippen molar-refractivity contribution >= 4 is 28.5 Å². The Bertz CT molecular complexity index is 1480. The van der Waals surface area contributed by atoms with Gasteiger partial charge in [-0.05, 0) is 86.9 Å². The van der Waals surface area contributed by atoms with E-state index in [9.17, 15) is 14.0 Å². The Balaban J connectivity index is 1.14. The Labute approximate surface area is 212 Å². The lowest BCUT2D eigenvalue weighted by molar-refractivity contribution is 0.0687. The maximum absolute atomic E-state index is 13.4. The first-order valence-corrected chi connectivity index (χ1v) is 12.9. The first-order chi connectivity index (χ1) is 17.5. The summed E-state index contributed by atoms with van der Waals surface area (Å²) in [6, 6.07) is 11.1. The number of likely N-dealkylation sites (tertiary alicyclic amines) is 1. The number of hydrogen-bond acceptors (Lipinski definition) is 3. The molecule has 0 radical (unpaired) electrons. The highest BCUT2D eigenvalue weighted by Gasteiger charge is 2.31. The normalized spacial score (nSPS) is 16.7. The number of H-pyrrole nitrogens is 2. The van der Waals surface area contributed by atoms with Crippen LogP contribution in [0.15, 0.2) is 47.3 Å². The van der Waals surface area contributed by atoms with Crippen molar-refractivity contribution in [2.24, 2.45) is 5.92 Å². The molecule has 36 heavy (non-hydrogen) atoms. The van der Waals surface area contributed by atoms with Gasteiger partial charge in [-0.1, -0.05) is 11.6 Å². The minimum Gasteiger partial charge on any atom is -0.339 e. The second-order valence-electron chi connectivity index (χ2n) is 9.92. The first kappa shape index (κ1) is 23.0. The number of aromatic nitrogens is 4. The molecule has 0 spiro atoms. The highest BCUT2D eigenvalue weighted by atomic mass is 35.5. The van der Waals surface area contributed by atoms with Crippen molar-refractivity contribution in [1.82, 2.24) is 24.6 Å². The Morgan fingerprint density at radius 2 is 1.83 bits per heavy atom. The molecule has 2 fully saturated rings. The van der Waals surface area contributed by atoms with E-state index in [1.54, 1.807) is 12.1 Å². The molecule has 0 unspecified atom stereocenters. The molecule has 7 nitrogen and oxygen atoms in total. The van der Waals surface area contributed by atoms with Crippen LogP contribution in [0.25, 0.3) is 17.0 Å². The summed E-state index contributed by atoms with van der Waals surface area (Å²) in [6.07, 6.45) is 5.58. The number of nitrogens with one attached hydrogen (secondary N) is 2. The molecule has 1 amide bonds. The quantitative estimate of drug-likeness (QED) is 0.376. The van der Waals surface area contributed by atoms with E-state index in [-0.39, 0.29) is 17.3 Å². The molecule has 0 bridgehead atoms. The molecular formula is C27H27ClFN5O2. The summed E-state index contributed by atoms with van der Waals surface area (Å²) in [5.41, 5.74) is 3.89. The van der Waals surface area contributed by atoms with Crippen LogP contribution in [0.1, 0.15) is 59.6 Å². The van der Waals surface area contributed by atoms with Gasteiger partial charge in [0.1, 0.15) is 5.82 Å². The molecule has 2 aromatic heterocycles. The third-order valence-electron chi connectivity index (χ3n) is 7.44. The predicted molar refractivity (Wildman–Crippen MR) is 136 cm³/mol. The molecule has 9 heteroatoms. The van der Waals surface area contributed by atoms with Crippen LogP contribution in [-0.2, 0) is 6.42 Å². The van der Waals surface area contributed by atoms with Gasteiger partial charge < -0.3 is 9.88 Å². The standard InChI is InChI=1S/C27H27ClFN5O2/c28-19-6-10-22-23(15-19)31-27(30-22)34-26(36)21(24(32-34)17-2-3-17)9-1-16-11-13-33(14-12-16)25(35)18-4-7-20(29)8-5-18/h4-8,10,15-17,32H,1-3,9,11-14H2,(H,30,31). The van der Waals surface area contributed by atoms with Gasteiger partial charge >= 0.3 is 0 Å². The number of amides is 1. The number of imidazole rings is 1. The first-order valence-electron chi connectivity index (χ1n) is 12.5. The SMILES string of the molecule is O=C(c1ccc(F)cc1)N1CCC(CCc2c(C3CC3)[nH]n(-c3nc4ccc(Cl)cc4[nH]3)c2=O)CC1. The molecule has 2 N–H and O–H groups in total. The van der Waals surface area contributed by atoms with Crippen molar-refractivity contribution in [3.63, 3.8) is 0 Å². The van der Waals surface area contributed by atoms with Crippen LogP contribution in [0.5, 0.6) is 0 Å². The van der Waals surface area contributed by atoms with Gasteiger partial charge in [-0.15, -0.1) is 0 Å². The van der Waals surface area contributed by atoms with E-state index in [0.717, 1.165) is 54.4 Å². The van der Waals surface area contributed by atoms with E-state index in [4.69, 9.17) is 11.6 Å². The lowest BCUT2D eigenvalue weighted by Gasteiger charge is -2.32. The van der Waals surface area contributed by atoms with Gasteiger partial charge in [0.2, 0.25) is 5.95 Å². The number of hydrogen-bond donors (Lipinski definition) is 2.